The van der Waals surface area contributed by atoms with Crippen LogP contribution in [0.4, 0.5) is 0 Å². The summed E-state index contributed by atoms with van der Waals surface area (Å²) >= 11 is 0. The molecule has 1 aromatic rings. The van der Waals surface area contributed by atoms with Gasteiger partial charge in [-0.1, -0.05) is 5.16 Å². The minimum Gasteiger partial charge on any atom is -0.507 e. The highest BCUT2D eigenvalue weighted by Gasteiger charge is 2.45. The second kappa shape index (κ2) is 4.15. The molecule has 2 aliphatic rings. The Kier molecular flexibility index (Phi) is 2.69. The number of nitrogens with zero attached hydrogens (tertiary/aromatic N) is 1. The number of phenols is 1. The molecule has 4 nitrogen and oxygen atoms in total. The molecule has 1 fully saturated rings. The van der Waals surface area contributed by atoms with E-state index in [2.05, 4.69) is 5.16 Å². The van der Waals surface area contributed by atoms with Crippen LogP contribution >= 0.6 is 0 Å². The average Bonchev–Trinajstić information content (AvgIpc) is 2.34. The van der Waals surface area contributed by atoms with Gasteiger partial charge >= 0.3 is 0 Å². The summed E-state index contributed by atoms with van der Waals surface area (Å²) < 4.78 is 6.20. The molecule has 0 unspecified atom stereocenters. The fourth-order valence-electron chi connectivity index (χ4n) is 3.08. The lowest BCUT2D eigenvalue weighted by Gasteiger charge is -2.45. The second-order valence-corrected chi connectivity index (χ2v) is 5.58. The van der Waals surface area contributed by atoms with Gasteiger partial charge in [0.1, 0.15) is 24.2 Å². The van der Waals surface area contributed by atoms with Crippen molar-refractivity contribution in [2.45, 2.75) is 45.1 Å². The summed E-state index contributed by atoms with van der Waals surface area (Å²) in [5.41, 5.74) is 3.34. The minimum absolute atomic E-state index is 0.0970. The van der Waals surface area contributed by atoms with Crippen LogP contribution in [0.2, 0.25) is 0 Å². The fraction of sp³-hybridized carbons (Fsp3) is 0.533. The van der Waals surface area contributed by atoms with Crippen LogP contribution in [0, 0.1) is 13.8 Å². The van der Waals surface area contributed by atoms with Gasteiger partial charge in [0.05, 0.1) is 5.71 Å². The quantitative estimate of drug-likeness (QED) is 0.790. The van der Waals surface area contributed by atoms with E-state index in [9.17, 15) is 5.11 Å². The molecule has 1 aliphatic carbocycles. The van der Waals surface area contributed by atoms with E-state index in [1.165, 1.54) is 6.42 Å². The summed E-state index contributed by atoms with van der Waals surface area (Å²) in [7, 11) is 1.55. The largest absolute Gasteiger partial charge is 0.507 e. The highest BCUT2D eigenvalue weighted by molar-refractivity contribution is 6.06. The number of benzene rings is 1. The number of hydrogen-bond donors (Lipinski definition) is 1. The van der Waals surface area contributed by atoms with Crippen molar-refractivity contribution in [3.63, 3.8) is 0 Å². The van der Waals surface area contributed by atoms with Gasteiger partial charge < -0.3 is 14.7 Å². The van der Waals surface area contributed by atoms with Crippen molar-refractivity contribution >= 4 is 5.71 Å². The van der Waals surface area contributed by atoms with Gasteiger partial charge in [-0.15, -0.1) is 0 Å². The molecule has 0 saturated heterocycles. The second-order valence-electron chi connectivity index (χ2n) is 5.58. The van der Waals surface area contributed by atoms with E-state index in [-0.39, 0.29) is 5.60 Å². The van der Waals surface area contributed by atoms with Gasteiger partial charge in [0, 0.05) is 17.5 Å². The van der Waals surface area contributed by atoms with Crippen molar-refractivity contribution in [3.8, 4) is 11.5 Å². The molecule has 1 spiro atoms. The third kappa shape index (κ3) is 1.78. The van der Waals surface area contributed by atoms with Gasteiger partial charge in [-0.25, -0.2) is 0 Å². The standard InChI is InChI=1S/C15H19NO3/c1-9-7-12-13(10(2)14(9)17)11(16-18-3)8-15(19-12)5-4-6-15/h7,17H,4-6,8H2,1-3H3. The topological polar surface area (TPSA) is 51.0 Å². The van der Waals surface area contributed by atoms with Gasteiger partial charge in [0.15, 0.2) is 0 Å². The summed E-state index contributed by atoms with van der Waals surface area (Å²) in [6.07, 6.45) is 4.09. The van der Waals surface area contributed by atoms with E-state index in [4.69, 9.17) is 9.57 Å². The Morgan fingerprint density at radius 1 is 1.37 bits per heavy atom. The van der Waals surface area contributed by atoms with Crippen molar-refractivity contribution in [2.75, 3.05) is 7.11 Å². The zero-order chi connectivity index (χ0) is 13.6. The molecule has 1 N–H and O–H groups in total. The maximum absolute atomic E-state index is 10.1. The predicted octanol–water partition coefficient (Wildman–Crippen LogP) is 3.06. The zero-order valence-corrected chi connectivity index (χ0v) is 11.6. The molecule has 0 amide bonds. The van der Waals surface area contributed by atoms with Gasteiger partial charge in [0.2, 0.25) is 0 Å². The third-order valence-electron chi connectivity index (χ3n) is 4.27. The average molecular weight is 261 g/mol. The number of aromatic hydroxyl groups is 1. The molecular formula is C15H19NO3. The van der Waals surface area contributed by atoms with Crippen molar-refractivity contribution in [2.24, 2.45) is 5.16 Å². The highest BCUT2D eigenvalue weighted by Crippen LogP contribution is 2.47. The molecule has 0 bridgehead atoms. The van der Waals surface area contributed by atoms with Gasteiger partial charge in [-0.05, 0) is 44.7 Å². The summed E-state index contributed by atoms with van der Waals surface area (Å²) in [6, 6.07) is 1.90. The molecule has 19 heavy (non-hydrogen) atoms. The van der Waals surface area contributed by atoms with Crippen LogP contribution in [-0.4, -0.2) is 23.5 Å². The molecule has 102 valence electrons. The molecule has 0 atom stereocenters. The van der Waals surface area contributed by atoms with Crippen LogP contribution in [0.15, 0.2) is 11.2 Å². The Hall–Kier alpha value is -1.71. The lowest BCUT2D eigenvalue weighted by molar-refractivity contribution is -0.00589. The number of hydrogen-bond acceptors (Lipinski definition) is 4. The number of fused-ring (bicyclic) bond motifs is 1. The predicted molar refractivity (Wildman–Crippen MR) is 73.0 cm³/mol. The van der Waals surface area contributed by atoms with Crippen LogP contribution in [0.25, 0.3) is 0 Å². The van der Waals surface area contributed by atoms with E-state index < -0.39 is 0 Å². The zero-order valence-electron chi connectivity index (χ0n) is 11.6. The molecule has 0 radical (unpaired) electrons. The van der Waals surface area contributed by atoms with E-state index in [1.807, 2.05) is 19.9 Å². The summed E-state index contributed by atoms with van der Waals surface area (Å²) in [5.74, 6) is 1.14. The Labute approximate surface area is 113 Å². The van der Waals surface area contributed by atoms with Crippen LogP contribution < -0.4 is 4.74 Å². The monoisotopic (exact) mass is 261 g/mol. The van der Waals surface area contributed by atoms with Crippen LogP contribution in [-0.2, 0) is 4.84 Å². The SMILES string of the molecule is CON=C1CC2(CCC2)Oc2cc(C)c(O)c(C)c21. The Morgan fingerprint density at radius 2 is 2.11 bits per heavy atom. The van der Waals surface area contributed by atoms with Crippen molar-refractivity contribution in [1.29, 1.82) is 0 Å². The maximum Gasteiger partial charge on any atom is 0.130 e. The highest BCUT2D eigenvalue weighted by atomic mass is 16.6. The van der Waals surface area contributed by atoms with Crippen molar-refractivity contribution < 1.29 is 14.7 Å². The normalized spacial score (nSPS) is 21.7. The fourth-order valence-corrected chi connectivity index (χ4v) is 3.08. The van der Waals surface area contributed by atoms with Gasteiger partial charge in [-0.2, -0.15) is 0 Å². The first-order chi connectivity index (χ1) is 9.06. The van der Waals surface area contributed by atoms with E-state index in [0.29, 0.717) is 5.75 Å². The first-order valence-electron chi connectivity index (χ1n) is 6.69. The molecule has 4 heteroatoms. The Bertz CT molecular complexity index is 559. The lowest BCUT2D eigenvalue weighted by atomic mass is 9.73. The molecule has 1 aromatic carbocycles. The number of aryl methyl sites for hydroxylation is 1. The van der Waals surface area contributed by atoms with Crippen LogP contribution in [0.5, 0.6) is 11.5 Å². The number of ether oxygens (including phenoxy) is 1. The minimum atomic E-state index is -0.0970. The van der Waals surface area contributed by atoms with Crippen LogP contribution in [0.3, 0.4) is 0 Å². The lowest BCUT2D eigenvalue weighted by Crippen LogP contribution is -2.48. The number of oxime groups is 1. The molecule has 0 aromatic heterocycles. The molecule has 1 aliphatic heterocycles. The van der Waals surface area contributed by atoms with Gasteiger partial charge in [-0.3, -0.25) is 0 Å². The molecule has 1 saturated carbocycles. The Morgan fingerprint density at radius 3 is 2.68 bits per heavy atom. The third-order valence-corrected chi connectivity index (χ3v) is 4.27. The Balaban J connectivity index is 2.16. The maximum atomic E-state index is 10.1. The van der Waals surface area contributed by atoms with Gasteiger partial charge in [0.25, 0.3) is 0 Å². The molecule has 3 rings (SSSR count). The smallest absolute Gasteiger partial charge is 0.130 e. The van der Waals surface area contributed by atoms with E-state index in [0.717, 1.165) is 47.4 Å². The number of phenolic OH excluding ortho intramolecular Hbond substituents is 1. The first kappa shape index (κ1) is 12.3. The summed E-state index contributed by atoms with van der Waals surface area (Å²) in [6.45, 7) is 3.79. The van der Waals surface area contributed by atoms with Crippen molar-refractivity contribution in [3.05, 3.63) is 22.8 Å². The molecule has 1 heterocycles. The van der Waals surface area contributed by atoms with E-state index >= 15 is 0 Å². The van der Waals surface area contributed by atoms with E-state index in [1.54, 1.807) is 7.11 Å². The summed E-state index contributed by atoms with van der Waals surface area (Å²) in [5, 5.41) is 14.3. The van der Waals surface area contributed by atoms with Crippen LogP contribution in [0.1, 0.15) is 42.4 Å². The summed E-state index contributed by atoms with van der Waals surface area (Å²) in [4.78, 5) is 4.98. The first-order valence-corrected chi connectivity index (χ1v) is 6.69. The number of rotatable bonds is 1. The van der Waals surface area contributed by atoms with Crippen molar-refractivity contribution in [1.82, 2.24) is 0 Å². The molecular weight excluding hydrogens is 242 g/mol.